The first-order chi connectivity index (χ1) is 13.9. The first-order valence-corrected chi connectivity index (χ1v) is 8.98. The summed E-state index contributed by atoms with van der Waals surface area (Å²) in [5, 5.41) is 3.83. The summed E-state index contributed by atoms with van der Waals surface area (Å²) in [5.41, 5.74) is 1.20. The lowest BCUT2D eigenvalue weighted by Gasteiger charge is -2.21. The number of halogens is 1. The molecule has 0 aliphatic rings. The molecule has 1 heterocycles. The molecule has 150 valence electrons. The molecular formula is C21H20FN3O4. The van der Waals surface area contributed by atoms with E-state index in [2.05, 4.69) is 10.1 Å². The van der Waals surface area contributed by atoms with Gasteiger partial charge in [-0.15, -0.1) is 0 Å². The van der Waals surface area contributed by atoms with Gasteiger partial charge in [-0.25, -0.2) is 4.39 Å². The number of rotatable bonds is 7. The van der Waals surface area contributed by atoms with E-state index in [4.69, 9.17) is 9.26 Å². The third-order valence-electron chi connectivity index (χ3n) is 4.13. The largest absolute Gasteiger partial charge is 0.447 e. The fourth-order valence-electron chi connectivity index (χ4n) is 2.60. The molecule has 8 heteroatoms. The lowest BCUT2D eigenvalue weighted by molar-refractivity contribution is -0.159. The summed E-state index contributed by atoms with van der Waals surface area (Å²) in [6, 6.07) is 14.5. The van der Waals surface area contributed by atoms with Crippen molar-refractivity contribution in [3.05, 3.63) is 71.9 Å². The van der Waals surface area contributed by atoms with Crippen LogP contribution < -0.4 is 0 Å². The maximum absolute atomic E-state index is 13.0. The highest BCUT2D eigenvalue weighted by Gasteiger charge is 2.26. The van der Waals surface area contributed by atoms with Crippen LogP contribution in [-0.2, 0) is 20.7 Å². The van der Waals surface area contributed by atoms with Gasteiger partial charge in [0, 0.05) is 31.6 Å². The minimum Gasteiger partial charge on any atom is -0.447 e. The summed E-state index contributed by atoms with van der Waals surface area (Å²) in [4.78, 5) is 30.3. The lowest BCUT2D eigenvalue weighted by Crippen LogP contribution is -2.31. The number of benzene rings is 2. The van der Waals surface area contributed by atoms with E-state index in [1.165, 1.54) is 29.2 Å². The van der Waals surface area contributed by atoms with Gasteiger partial charge in [-0.3, -0.25) is 9.59 Å². The minimum atomic E-state index is -1.02. The fraction of sp³-hybridized carbons (Fsp3) is 0.238. The molecule has 1 unspecified atom stereocenters. The van der Waals surface area contributed by atoms with Gasteiger partial charge in [0.25, 0.3) is 5.91 Å². The van der Waals surface area contributed by atoms with E-state index in [9.17, 15) is 14.0 Å². The third kappa shape index (κ3) is 5.25. The van der Waals surface area contributed by atoms with Gasteiger partial charge in [0.1, 0.15) is 5.82 Å². The van der Waals surface area contributed by atoms with Crippen LogP contribution in [0.4, 0.5) is 4.39 Å². The zero-order valence-electron chi connectivity index (χ0n) is 16.0. The quantitative estimate of drug-likeness (QED) is 0.569. The highest BCUT2D eigenvalue weighted by molar-refractivity contribution is 5.84. The standard InChI is InChI=1S/C21H20FN3O4/c1-25(2)21(27)19(14-6-4-3-5-7-14)28-18(26)13-12-17-23-20(24-29-17)15-8-10-16(22)11-9-15/h3-11,19H,12-13H2,1-2H3. The van der Waals surface area contributed by atoms with Crippen molar-refractivity contribution in [1.82, 2.24) is 15.0 Å². The minimum absolute atomic E-state index is 0.0326. The molecule has 0 spiro atoms. The van der Waals surface area contributed by atoms with Crippen LogP contribution in [0, 0.1) is 5.82 Å². The monoisotopic (exact) mass is 397 g/mol. The van der Waals surface area contributed by atoms with Gasteiger partial charge >= 0.3 is 5.97 Å². The third-order valence-corrected chi connectivity index (χ3v) is 4.13. The smallest absolute Gasteiger partial charge is 0.307 e. The van der Waals surface area contributed by atoms with Crippen molar-refractivity contribution < 1.29 is 23.2 Å². The number of hydrogen-bond acceptors (Lipinski definition) is 6. The van der Waals surface area contributed by atoms with E-state index in [0.717, 1.165) is 0 Å². The summed E-state index contributed by atoms with van der Waals surface area (Å²) in [6.45, 7) is 0. The molecule has 1 aromatic heterocycles. The van der Waals surface area contributed by atoms with Crippen molar-refractivity contribution in [3.63, 3.8) is 0 Å². The van der Waals surface area contributed by atoms with E-state index >= 15 is 0 Å². The van der Waals surface area contributed by atoms with E-state index in [1.54, 1.807) is 38.4 Å². The van der Waals surface area contributed by atoms with Crippen molar-refractivity contribution in [2.24, 2.45) is 0 Å². The normalized spacial score (nSPS) is 11.7. The van der Waals surface area contributed by atoms with Crippen LogP contribution in [0.3, 0.4) is 0 Å². The predicted molar refractivity (Wildman–Crippen MR) is 102 cm³/mol. The Morgan fingerprint density at radius 3 is 2.45 bits per heavy atom. The van der Waals surface area contributed by atoms with Crippen molar-refractivity contribution >= 4 is 11.9 Å². The topological polar surface area (TPSA) is 85.5 Å². The number of ether oxygens (including phenoxy) is 1. The SMILES string of the molecule is CN(C)C(=O)C(OC(=O)CCc1nc(-c2ccc(F)cc2)no1)c1ccccc1. The fourth-order valence-corrected chi connectivity index (χ4v) is 2.60. The van der Waals surface area contributed by atoms with E-state index < -0.39 is 12.1 Å². The molecule has 2 aromatic carbocycles. The van der Waals surface area contributed by atoms with E-state index in [1.807, 2.05) is 6.07 Å². The molecule has 0 N–H and O–H groups in total. The summed E-state index contributed by atoms with van der Waals surface area (Å²) in [5.74, 6) is -0.702. The highest BCUT2D eigenvalue weighted by atomic mass is 19.1. The van der Waals surface area contributed by atoms with Gasteiger partial charge in [0.15, 0.2) is 0 Å². The number of aryl methyl sites for hydroxylation is 1. The molecule has 3 aromatic rings. The van der Waals surface area contributed by atoms with Crippen molar-refractivity contribution in [3.8, 4) is 11.4 Å². The zero-order valence-corrected chi connectivity index (χ0v) is 16.0. The van der Waals surface area contributed by atoms with Gasteiger partial charge in [0.2, 0.25) is 17.8 Å². The Morgan fingerprint density at radius 2 is 1.79 bits per heavy atom. The van der Waals surface area contributed by atoms with E-state index in [-0.39, 0.29) is 30.5 Å². The van der Waals surface area contributed by atoms with E-state index in [0.29, 0.717) is 17.0 Å². The molecule has 0 saturated carbocycles. The summed E-state index contributed by atoms with van der Waals surface area (Å²) >= 11 is 0. The number of esters is 1. The highest BCUT2D eigenvalue weighted by Crippen LogP contribution is 2.21. The number of amides is 1. The number of nitrogens with zero attached hydrogens (tertiary/aromatic N) is 3. The van der Waals surface area contributed by atoms with Gasteiger partial charge in [-0.1, -0.05) is 35.5 Å². The second kappa shape index (κ2) is 9.09. The Balaban J connectivity index is 1.62. The Hall–Kier alpha value is -3.55. The number of hydrogen-bond donors (Lipinski definition) is 0. The summed E-state index contributed by atoms with van der Waals surface area (Å²) in [7, 11) is 3.20. The molecular weight excluding hydrogens is 377 g/mol. The molecule has 3 rings (SSSR count). The van der Waals surface area contributed by atoms with Gasteiger partial charge in [-0.05, 0) is 24.3 Å². The molecule has 0 aliphatic heterocycles. The van der Waals surface area contributed by atoms with Crippen LogP contribution in [-0.4, -0.2) is 41.0 Å². The van der Waals surface area contributed by atoms with Crippen LogP contribution in [0.5, 0.6) is 0 Å². The Labute approximate surface area is 167 Å². The van der Waals surface area contributed by atoms with Crippen LogP contribution in [0.2, 0.25) is 0 Å². The molecule has 0 aliphatic carbocycles. The Morgan fingerprint density at radius 1 is 1.10 bits per heavy atom. The number of carbonyl (C=O) groups is 2. The second-order valence-electron chi connectivity index (χ2n) is 6.53. The first-order valence-electron chi connectivity index (χ1n) is 8.98. The molecule has 29 heavy (non-hydrogen) atoms. The molecule has 0 fully saturated rings. The maximum Gasteiger partial charge on any atom is 0.307 e. The summed E-state index contributed by atoms with van der Waals surface area (Å²) < 4.78 is 23.6. The summed E-state index contributed by atoms with van der Waals surface area (Å²) in [6.07, 6.45) is -0.893. The molecule has 1 atom stereocenters. The average molecular weight is 397 g/mol. The van der Waals surface area contributed by atoms with Crippen LogP contribution in [0.25, 0.3) is 11.4 Å². The first kappa shape index (κ1) is 20.2. The zero-order chi connectivity index (χ0) is 20.8. The van der Waals surface area contributed by atoms with Gasteiger partial charge in [0.05, 0.1) is 6.42 Å². The van der Waals surface area contributed by atoms with Crippen LogP contribution in [0.15, 0.2) is 59.1 Å². The van der Waals surface area contributed by atoms with Crippen LogP contribution >= 0.6 is 0 Å². The van der Waals surface area contributed by atoms with Crippen molar-refractivity contribution in [2.45, 2.75) is 18.9 Å². The maximum atomic E-state index is 13.0. The molecule has 1 amide bonds. The molecule has 0 radical (unpaired) electrons. The number of likely N-dealkylation sites (N-methyl/N-ethyl adjacent to an activating group) is 1. The van der Waals surface area contributed by atoms with Gasteiger partial charge in [-0.2, -0.15) is 4.98 Å². The lowest BCUT2D eigenvalue weighted by atomic mass is 10.1. The predicted octanol–water partition coefficient (Wildman–Crippen LogP) is 3.18. The Kier molecular flexibility index (Phi) is 6.33. The second-order valence-corrected chi connectivity index (χ2v) is 6.53. The van der Waals surface area contributed by atoms with Crippen LogP contribution in [0.1, 0.15) is 24.0 Å². The molecule has 0 bridgehead atoms. The molecule has 0 saturated heterocycles. The number of aromatic nitrogens is 2. The molecule has 7 nitrogen and oxygen atoms in total. The van der Waals surface area contributed by atoms with Gasteiger partial charge < -0.3 is 14.2 Å². The number of carbonyl (C=O) groups excluding carboxylic acids is 2. The van der Waals surface area contributed by atoms with Crippen molar-refractivity contribution in [2.75, 3.05) is 14.1 Å². The van der Waals surface area contributed by atoms with Crippen molar-refractivity contribution in [1.29, 1.82) is 0 Å². The Bertz CT molecular complexity index is 971. The average Bonchev–Trinajstić information content (AvgIpc) is 3.20.